The van der Waals surface area contributed by atoms with Crippen LogP contribution in [0, 0.1) is 11.3 Å². The van der Waals surface area contributed by atoms with Crippen LogP contribution >= 0.6 is 0 Å². The topological polar surface area (TPSA) is 47.3 Å². The first-order valence-electron chi connectivity index (χ1n) is 5.49. The summed E-state index contributed by atoms with van der Waals surface area (Å²) in [6.07, 6.45) is 0. The van der Waals surface area contributed by atoms with Crippen LogP contribution in [-0.2, 0) is 6.54 Å². The Bertz CT molecular complexity index is 502. The number of hydrogen-bond donors (Lipinski definition) is 0. The third-order valence-corrected chi connectivity index (χ3v) is 2.97. The minimum absolute atomic E-state index is 0.0667. The van der Waals surface area contributed by atoms with Crippen molar-refractivity contribution in [3.05, 3.63) is 34.9 Å². The second kappa shape index (κ2) is 4.19. The van der Waals surface area contributed by atoms with Crippen molar-refractivity contribution in [1.82, 2.24) is 9.80 Å². The fourth-order valence-electron chi connectivity index (χ4n) is 2.17. The Morgan fingerprint density at radius 1 is 1.47 bits per heavy atom. The number of nitrogens with zero attached hydrogens (tertiary/aromatic N) is 3. The molecule has 1 unspecified atom stereocenters. The summed E-state index contributed by atoms with van der Waals surface area (Å²) in [6, 6.07) is 7.46. The summed E-state index contributed by atoms with van der Waals surface area (Å²) in [6.45, 7) is 0.809. The maximum absolute atomic E-state index is 11.9. The number of hydrogen-bond acceptors (Lipinski definition) is 3. The smallest absolute Gasteiger partial charge is 0.255 e. The van der Waals surface area contributed by atoms with Crippen LogP contribution in [-0.4, -0.2) is 36.9 Å². The number of carbonyl (C=O) groups excluding carboxylic acids is 1. The Morgan fingerprint density at radius 3 is 2.76 bits per heavy atom. The minimum atomic E-state index is -0.445. The van der Waals surface area contributed by atoms with Gasteiger partial charge in [0, 0.05) is 24.7 Å². The van der Waals surface area contributed by atoms with Crippen LogP contribution in [0.2, 0.25) is 0 Å². The van der Waals surface area contributed by atoms with E-state index in [1.54, 1.807) is 7.05 Å². The van der Waals surface area contributed by atoms with Gasteiger partial charge in [-0.05, 0) is 25.7 Å². The van der Waals surface area contributed by atoms with Gasteiger partial charge in [0.25, 0.3) is 5.91 Å². The molecule has 4 nitrogen and oxygen atoms in total. The first-order valence-corrected chi connectivity index (χ1v) is 5.49. The van der Waals surface area contributed by atoms with Crippen LogP contribution in [0.4, 0.5) is 0 Å². The molecule has 4 heteroatoms. The van der Waals surface area contributed by atoms with E-state index >= 15 is 0 Å². The molecule has 1 aliphatic rings. The van der Waals surface area contributed by atoms with Crippen LogP contribution < -0.4 is 0 Å². The Kier molecular flexibility index (Phi) is 2.86. The summed E-state index contributed by atoms with van der Waals surface area (Å²) < 4.78 is 0. The minimum Gasteiger partial charge on any atom is -0.322 e. The zero-order valence-electron chi connectivity index (χ0n) is 10.3. The van der Waals surface area contributed by atoms with Crippen molar-refractivity contribution in [2.24, 2.45) is 0 Å². The molecule has 0 N–H and O–H groups in total. The summed E-state index contributed by atoms with van der Waals surface area (Å²) in [7, 11) is 5.65. The number of carbonyl (C=O) groups is 1. The highest BCUT2D eigenvalue weighted by molar-refractivity contribution is 5.99. The molecule has 1 aromatic rings. The quantitative estimate of drug-likeness (QED) is 0.770. The van der Waals surface area contributed by atoms with E-state index in [1.807, 2.05) is 32.3 Å². The van der Waals surface area contributed by atoms with E-state index < -0.39 is 6.04 Å². The molecule has 0 saturated heterocycles. The van der Waals surface area contributed by atoms with Gasteiger partial charge in [-0.1, -0.05) is 12.1 Å². The van der Waals surface area contributed by atoms with Gasteiger partial charge in [0.2, 0.25) is 0 Å². The molecular formula is C13H15N3O. The van der Waals surface area contributed by atoms with Gasteiger partial charge in [0.05, 0.1) is 6.07 Å². The highest BCUT2D eigenvalue weighted by atomic mass is 16.2. The molecule has 2 rings (SSSR count). The highest BCUT2D eigenvalue weighted by Crippen LogP contribution is 2.32. The second-order valence-corrected chi connectivity index (χ2v) is 4.61. The van der Waals surface area contributed by atoms with Crippen LogP contribution in [0.5, 0.6) is 0 Å². The number of benzene rings is 1. The molecule has 1 atom stereocenters. The van der Waals surface area contributed by atoms with Gasteiger partial charge in [-0.25, -0.2) is 0 Å². The average Bonchev–Trinajstić information content (AvgIpc) is 2.50. The van der Waals surface area contributed by atoms with Crippen LogP contribution in [0.3, 0.4) is 0 Å². The summed E-state index contributed by atoms with van der Waals surface area (Å²) in [5, 5.41) is 9.12. The van der Waals surface area contributed by atoms with E-state index in [-0.39, 0.29) is 5.91 Å². The van der Waals surface area contributed by atoms with E-state index in [2.05, 4.69) is 11.0 Å². The number of rotatable bonds is 2. The van der Waals surface area contributed by atoms with E-state index in [0.717, 1.165) is 17.7 Å². The van der Waals surface area contributed by atoms with Crippen LogP contribution in [0.25, 0.3) is 0 Å². The van der Waals surface area contributed by atoms with Crippen molar-refractivity contribution >= 4 is 5.91 Å². The molecule has 17 heavy (non-hydrogen) atoms. The Balaban J connectivity index is 2.43. The third-order valence-electron chi connectivity index (χ3n) is 2.97. The molecule has 1 amide bonds. The van der Waals surface area contributed by atoms with Gasteiger partial charge < -0.3 is 9.80 Å². The standard InChI is InChI=1S/C13H15N3O/c1-15(2)8-9-4-5-10-11(6-9)12(7-14)16(3)13(10)17/h4-6,12H,8H2,1-3H3. The molecule has 1 aliphatic heterocycles. The third kappa shape index (κ3) is 1.90. The van der Waals surface area contributed by atoms with Crippen molar-refractivity contribution in [1.29, 1.82) is 5.26 Å². The van der Waals surface area contributed by atoms with E-state index in [0.29, 0.717) is 5.56 Å². The van der Waals surface area contributed by atoms with Crippen molar-refractivity contribution in [2.75, 3.05) is 21.1 Å². The average molecular weight is 229 g/mol. The molecule has 0 saturated carbocycles. The fourth-order valence-corrected chi connectivity index (χ4v) is 2.17. The monoisotopic (exact) mass is 229 g/mol. The van der Waals surface area contributed by atoms with E-state index in [1.165, 1.54) is 4.90 Å². The second-order valence-electron chi connectivity index (χ2n) is 4.61. The lowest BCUT2D eigenvalue weighted by Crippen LogP contribution is -2.21. The van der Waals surface area contributed by atoms with Crippen molar-refractivity contribution in [3.63, 3.8) is 0 Å². The van der Waals surface area contributed by atoms with Crippen LogP contribution in [0.1, 0.15) is 27.5 Å². The Morgan fingerprint density at radius 2 is 2.18 bits per heavy atom. The highest BCUT2D eigenvalue weighted by Gasteiger charge is 2.34. The molecule has 1 aromatic carbocycles. The van der Waals surface area contributed by atoms with Gasteiger partial charge in [-0.15, -0.1) is 0 Å². The predicted molar refractivity (Wildman–Crippen MR) is 64.3 cm³/mol. The van der Waals surface area contributed by atoms with Gasteiger partial charge in [-0.3, -0.25) is 4.79 Å². The molecule has 0 radical (unpaired) electrons. The zero-order chi connectivity index (χ0) is 12.6. The fraction of sp³-hybridized carbons (Fsp3) is 0.385. The lowest BCUT2D eigenvalue weighted by atomic mass is 10.0. The molecule has 0 fully saturated rings. The van der Waals surface area contributed by atoms with Gasteiger partial charge in [0.15, 0.2) is 0 Å². The predicted octanol–water partition coefficient (Wildman–Crippen LogP) is 1.40. The van der Waals surface area contributed by atoms with Crippen molar-refractivity contribution in [2.45, 2.75) is 12.6 Å². The van der Waals surface area contributed by atoms with Gasteiger partial charge in [0.1, 0.15) is 6.04 Å². The van der Waals surface area contributed by atoms with E-state index in [4.69, 9.17) is 5.26 Å². The largest absolute Gasteiger partial charge is 0.322 e. The number of amides is 1. The molecule has 88 valence electrons. The van der Waals surface area contributed by atoms with Crippen molar-refractivity contribution in [3.8, 4) is 6.07 Å². The maximum atomic E-state index is 11.9. The lowest BCUT2D eigenvalue weighted by Gasteiger charge is -2.13. The van der Waals surface area contributed by atoms with E-state index in [9.17, 15) is 4.79 Å². The Labute approximate surface area is 101 Å². The van der Waals surface area contributed by atoms with Crippen molar-refractivity contribution < 1.29 is 4.79 Å². The number of fused-ring (bicyclic) bond motifs is 1. The SMILES string of the molecule is CN(C)Cc1ccc2c(c1)C(C#N)N(C)C2=O. The first-order chi connectivity index (χ1) is 8.04. The normalized spacial score (nSPS) is 18.4. The number of nitriles is 1. The van der Waals surface area contributed by atoms with Crippen LogP contribution in [0.15, 0.2) is 18.2 Å². The zero-order valence-corrected chi connectivity index (χ0v) is 10.3. The molecule has 0 aliphatic carbocycles. The maximum Gasteiger partial charge on any atom is 0.255 e. The Hall–Kier alpha value is -1.86. The molecule has 1 heterocycles. The first kappa shape index (κ1) is 11.6. The van der Waals surface area contributed by atoms with Gasteiger partial charge >= 0.3 is 0 Å². The molecule has 0 bridgehead atoms. The summed E-state index contributed by atoms with van der Waals surface area (Å²) in [5.74, 6) is -0.0667. The molecule has 0 spiro atoms. The van der Waals surface area contributed by atoms with Gasteiger partial charge in [-0.2, -0.15) is 5.26 Å². The lowest BCUT2D eigenvalue weighted by molar-refractivity contribution is 0.0800. The summed E-state index contributed by atoms with van der Waals surface area (Å²) >= 11 is 0. The summed E-state index contributed by atoms with van der Waals surface area (Å²) in [5.41, 5.74) is 2.61. The molecular weight excluding hydrogens is 214 g/mol. The molecule has 0 aromatic heterocycles. The summed E-state index contributed by atoms with van der Waals surface area (Å²) in [4.78, 5) is 15.4.